The second kappa shape index (κ2) is 10.4. The van der Waals surface area contributed by atoms with Crippen LogP contribution in [0.25, 0.3) is 0 Å². The fraction of sp³-hybridized carbons (Fsp3) is 0.0769. The lowest BCUT2D eigenvalue weighted by Gasteiger charge is -2.18. The highest BCUT2D eigenvalue weighted by Gasteiger charge is 2.15. The van der Waals surface area contributed by atoms with Crippen LogP contribution in [0.5, 0.6) is 17.2 Å². The van der Waals surface area contributed by atoms with Crippen LogP contribution in [-0.2, 0) is 6.54 Å². The number of anilines is 2. The summed E-state index contributed by atoms with van der Waals surface area (Å²) in [6.07, 6.45) is 1.53. The first-order chi connectivity index (χ1) is 16.5. The number of hydrogen-bond donors (Lipinski definition) is 2. The molecular formula is C26H21F2N3O3. The van der Waals surface area contributed by atoms with Crippen LogP contribution in [0, 0.1) is 11.6 Å². The Bertz CT molecular complexity index is 1270. The number of hydrogen-bond acceptors (Lipinski definition) is 5. The number of nitrogens with one attached hydrogen (secondary N) is 2. The molecule has 1 heterocycles. The smallest absolute Gasteiger partial charge is 0.270 e. The van der Waals surface area contributed by atoms with Crippen molar-refractivity contribution < 1.29 is 23.0 Å². The number of para-hydroxylation sites is 1. The van der Waals surface area contributed by atoms with Gasteiger partial charge < -0.3 is 20.1 Å². The number of methoxy groups -OCH3 is 1. The number of ether oxygens (including phenoxy) is 2. The van der Waals surface area contributed by atoms with Gasteiger partial charge in [-0.25, -0.2) is 8.78 Å². The molecule has 0 aliphatic carbocycles. The zero-order valence-electron chi connectivity index (χ0n) is 18.2. The lowest BCUT2D eigenvalue weighted by atomic mass is 10.1. The molecule has 0 fully saturated rings. The summed E-state index contributed by atoms with van der Waals surface area (Å²) in [5.74, 6) is -0.396. The summed E-state index contributed by atoms with van der Waals surface area (Å²) in [7, 11) is 1.50. The van der Waals surface area contributed by atoms with Gasteiger partial charge in [0.15, 0.2) is 5.75 Å². The molecule has 0 unspecified atom stereocenters. The molecule has 34 heavy (non-hydrogen) atoms. The molecule has 2 N–H and O–H groups in total. The largest absolute Gasteiger partial charge is 0.496 e. The minimum atomic E-state index is -0.718. The van der Waals surface area contributed by atoms with Crippen LogP contribution < -0.4 is 20.1 Å². The quantitative estimate of drug-likeness (QED) is 0.345. The minimum absolute atomic E-state index is 0.121. The highest BCUT2D eigenvalue weighted by Crippen LogP contribution is 2.38. The molecule has 8 heteroatoms. The van der Waals surface area contributed by atoms with Crippen LogP contribution in [0.15, 0.2) is 85.1 Å². The van der Waals surface area contributed by atoms with Crippen molar-refractivity contribution in [1.82, 2.24) is 10.3 Å². The number of benzene rings is 3. The van der Waals surface area contributed by atoms with E-state index in [2.05, 4.69) is 15.6 Å². The van der Waals surface area contributed by atoms with Gasteiger partial charge in [-0.05, 0) is 42.5 Å². The van der Waals surface area contributed by atoms with Gasteiger partial charge in [-0.15, -0.1) is 0 Å². The van der Waals surface area contributed by atoms with Crippen LogP contribution in [0.3, 0.4) is 0 Å². The number of halogens is 2. The van der Waals surface area contributed by atoms with Crippen molar-refractivity contribution in [2.24, 2.45) is 0 Å². The number of carbonyl (C=O) groups excluding carboxylic acids is 1. The molecule has 0 atom stereocenters. The van der Waals surface area contributed by atoms with E-state index < -0.39 is 11.6 Å². The Hall–Kier alpha value is -4.46. The van der Waals surface area contributed by atoms with Gasteiger partial charge in [0.2, 0.25) is 0 Å². The second-order valence-electron chi connectivity index (χ2n) is 7.26. The first kappa shape index (κ1) is 22.7. The maximum absolute atomic E-state index is 13.8. The predicted octanol–water partition coefficient (Wildman–Crippen LogP) is 5.83. The second-order valence-corrected chi connectivity index (χ2v) is 7.26. The SMILES string of the molecule is COc1cc(Oc2ccccc2)c(Nc2cc(F)cc(F)c2)cc1CNC(=O)c1ccccn1. The number of amides is 1. The van der Waals surface area contributed by atoms with E-state index in [1.165, 1.54) is 25.4 Å². The summed E-state index contributed by atoms with van der Waals surface area (Å²) < 4.78 is 39.0. The lowest BCUT2D eigenvalue weighted by Crippen LogP contribution is -2.24. The van der Waals surface area contributed by atoms with Gasteiger partial charge in [-0.1, -0.05) is 24.3 Å². The first-order valence-corrected chi connectivity index (χ1v) is 10.4. The molecule has 4 aromatic rings. The van der Waals surface area contributed by atoms with E-state index in [1.54, 1.807) is 42.5 Å². The third-order valence-corrected chi connectivity index (χ3v) is 4.83. The van der Waals surface area contributed by atoms with Crippen molar-refractivity contribution in [3.63, 3.8) is 0 Å². The van der Waals surface area contributed by atoms with Gasteiger partial charge in [0, 0.05) is 36.1 Å². The lowest BCUT2D eigenvalue weighted by molar-refractivity contribution is 0.0945. The Morgan fingerprint density at radius 3 is 2.32 bits per heavy atom. The van der Waals surface area contributed by atoms with Crippen molar-refractivity contribution in [3.8, 4) is 17.2 Å². The number of rotatable bonds is 8. The first-order valence-electron chi connectivity index (χ1n) is 10.4. The summed E-state index contributed by atoms with van der Waals surface area (Å²) in [6.45, 7) is 0.121. The van der Waals surface area contributed by atoms with Crippen LogP contribution in [0.2, 0.25) is 0 Å². The van der Waals surface area contributed by atoms with E-state index in [-0.39, 0.29) is 23.8 Å². The van der Waals surface area contributed by atoms with Gasteiger partial charge >= 0.3 is 0 Å². The molecule has 0 spiro atoms. The molecular weight excluding hydrogens is 440 g/mol. The Kier molecular flexibility index (Phi) is 6.98. The molecule has 0 saturated carbocycles. The van der Waals surface area contributed by atoms with Gasteiger partial charge in [-0.2, -0.15) is 0 Å². The highest BCUT2D eigenvalue weighted by molar-refractivity contribution is 5.92. The fourth-order valence-electron chi connectivity index (χ4n) is 3.28. The van der Waals surface area contributed by atoms with Crippen LogP contribution >= 0.6 is 0 Å². The van der Waals surface area contributed by atoms with E-state index in [4.69, 9.17) is 9.47 Å². The highest BCUT2D eigenvalue weighted by atomic mass is 19.1. The summed E-state index contributed by atoms with van der Waals surface area (Å²) in [4.78, 5) is 16.5. The molecule has 1 aromatic heterocycles. The molecule has 172 valence electrons. The van der Waals surface area contributed by atoms with Gasteiger partial charge in [0.05, 0.1) is 12.8 Å². The van der Waals surface area contributed by atoms with Crippen LogP contribution in [0.1, 0.15) is 16.1 Å². The number of aromatic nitrogens is 1. The van der Waals surface area contributed by atoms with Gasteiger partial charge in [0.1, 0.15) is 28.8 Å². The summed E-state index contributed by atoms with van der Waals surface area (Å²) in [5.41, 5.74) is 1.52. The normalized spacial score (nSPS) is 10.4. The third kappa shape index (κ3) is 5.66. The minimum Gasteiger partial charge on any atom is -0.496 e. The average Bonchev–Trinajstić information content (AvgIpc) is 2.84. The molecule has 3 aromatic carbocycles. The average molecular weight is 461 g/mol. The molecule has 0 bridgehead atoms. The molecule has 0 saturated heterocycles. The summed E-state index contributed by atoms with van der Waals surface area (Å²) in [6, 6.07) is 20.6. The Balaban J connectivity index is 1.67. The Morgan fingerprint density at radius 2 is 1.65 bits per heavy atom. The number of carbonyl (C=O) groups is 1. The fourth-order valence-corrected chi connectivity index (χ4v) is 3.28. The molecule has 1 amide bonds. The van der Waals surface area contributed by atoms with Crippen LogP contribution in [-0.4, -0.2) is 18.0 Å². The summed E-state index contributed by atoms with van der Waals surface area (Å²) >= 11 is 0. The molecule has 6 nitrogen and oxygen atoms in total. The van der Waals surface area contributed by atoms with Gasteiger partial charge in [0.25, 0.3) is 5.91 Å². The zero-order chi connectivity index (χ0) is 23.9. The standard InChI is InChI=1S/C26H21F2N3O3/c1-33-24-15-25(34-21-7-3-2-4-8-21)23(31-20-13-18(27)12-19(28)14-20)11-17(24)16-30-26(32)22-9-5-6-10-29-22/h2-15,31H,16H2,1H3,(H,30,32). The van der Waals surface area contributed by atoms with Gasteiger partial charge in [-0.3, -0.25) is 9.78 Å². The maximum Gasteiger partial charge on any atom is 0.270 e. The topological polar surface area (TPSA) is 72.5 Å². The van der Waals surface area contributed by atoms with E-state index >= 15 is 0 Å². The van der Waals surface area contributed by atoms with Crippen molar-refractivity contribution in [3.05, 3.63) is 108 Å². The van der Waals surface area contributed by atoms with Crippen molar-refractivity contribution in [2.45, 2.75) is 6.54 Å². The molecule has 0 radical (unpaired) electrons. The molecule has 4 rings (SSSR count). The molecule has 0 aliphatic heterocycles. The van der Waals surface area contributed by atoms with E-state index in [9.17, 15) is 13.6 Å². The van der Waals surface area contributed by atoms with Crippen LogP contribution in [0.4, 0.5) is 20.2 Å². The number of pyridine rings is 1. The van der Waals surface area contributed by atoms with E-state index in [0.717, 1.165) is 6.07 Å². The van der Waals surface area contributed by atoms with E-state index in [1.807, 2.05) is 18.2 Å². The Morgan fingerprint density at radius 1 is 0.912 bits per heavy atom. The number of nitrogens with zero attached hydrogens (tertiary/aromatic N) is 1. The van der Waals surface area contributed by atoms with Crippen molar-refractivity contribution in [2.75, 3.05) is 12.4 Å². The predicted molar refractivity (Wildman–Crippen MR) is 125 cm³/mol. The van der Waals surface area contributed by atoms with Crippen molar-refractivity contribution in [1.29, 1.82) is 0 Å². The van der Waals surface area contributed by atoms with Crippen molar-refractivity contribution >= 4 is 17.3 Å². The Labute approximate surface area is 195 Å². The third-order valence-electron chi connectivity index (χ3n) is 4.83. The maximum atomic E-state index is 13.8. The summed E-state index contributed by atoms with van der Waals surface area (Å²) in [5, 5.41) is 5.80. The zero-order valence-corrected chi connectivity index (χ0v) is 18.2. The monoisotopic (exact) mass is 461 g/mol. The van der Waals surface area contributed by atoms with E-state index in [0.29, 0.717) is 28.5 Å². The molecule has 0 aliphatic rings.